The summed E-state index contributed by atoms with van der Waals surface area (Å²) in [6.07, 6.45) is -0.278. The predicted molar refractivity (Wildman–Crippen MR) is 151 cm³/mol. The van der Waals surface area contributed by atoms with Gasteiger partial charge in [0, 0.05) is 44.4 Å². The molecule has 8 heteroatoms. The summed E-state index contributed by atoms with van der Waals surface area (Å²) in [5, 5.41) is 3.79. The molecule has 1 N–H and O–H groups in total. The molecule has 0 aliphatic heterocycles. The molecule has 196 valence electrons. The zero-order chi connectivity index (χ0) is 27.8. The number of esters is 1. The number of carbonyl (C=O) groups is 4. The third-order valence-corrected chi connectivity index (χ3v) is 6.36. The molecule has 4 aromatic rings. The van der Waals surface area contributed by atoms with E-state index >= 15 is 0 Å². The number of halogens is 2. The highest BCUT2D eigenvalue weighted by molar-refractivity contribution is 6.31. The Bertz CT molecular complexity index is 1490. The number of Topliss-reactive ketones (excluding diaryl/α,β-unsaturated/α-hetero) is 2. The van der Waals surface area contributed by atoms with Crippen molar-refractivity contribution in [3.05, 3.63) is 135 Å². The lowest BCUT2D eigenvalue weighted by atomic mass is 9.99. The van der Waals surface area contributed by atoms with Crippen LogP contribution in [0.5, 0.6) is 0 Å². The average molecular weight is 560 g/mol. The third-order valence-electron chi connectivity index (χ3n) is 5.87. The van der Waals surface area contributed by atoms with Gasteiger partial charge in [-0.1, -0.05) is 83.9 Å². The molecule has 39 heavy (non-hydrogen) atoms. The van der Waals surface area contributed by atoms with Crippen LogP contribution in [0.2, 0.25) is 10.0 Å². The Morgan fingerprint density at radius 3 is 1.87 bits per heavy atom. The van der Waals surface area contributed by atoms with Gasteiger partial charge in [-0.2, -0.15) is 0 Å². The quantitative estimate of drug-likeness (QED) is 0.162. The number of anilines is 1. The Labute approximate surface area is 235 Å². The number of benzene rings is 4. The maximum absolute atomic E-state index is 13.3. The van der Waals surface area contributed by atoms with Crippen LogP contribution in [0.4, 0.5) is 5.69 Å². The smallest absolute Gasteiger partial charge is 0.329 e. The van der Waals surface area contributed by atoms with E-state index in [0.29, 0.717) is 32.4 Å². The van der Waals surface area contributed by atoms with Crippen LogP contribution in [-0.2, 0) is 9.53 Å². The first-order valence-corrected chi connectivity index (χ1v) is 12.8. The molecule has 0 saturated carbocycles. The summed E-state index contributed by atoms with van der Waals surface area (Å²) in [5.74, 6) is -1.90. The standard InChI is InChI=1S/C31H23Cl2NO5/c32-23-13-11-21(12-14-23)29(36)19-39-31(38)27(18-28(35)20-7-3-1-4-8-20)34-26-16-15-24(33)17-25(26)30(37)22-9-5-2-6-10-22/h1-17,27,34H,18-19H2/t27-/m1/s1. The van der Waals surface area contributed by atoms with Crippen molar-refractivity contribution >= 4 is 52.2 Å². The summed E-state index contributed by atoms with van der Waals surface area (Å²) in [6, 6.07) is 26.7. The second-order valence-corrected chi connectivity index (χ2v) is 9.49. The lowest BCUT2D eigenvalue weighted by Gasteiger charge is -2.20. The predicted octanol–water partition coefficient (Wildman–Crippen LogP) is 6.70. The number of ether oxygens (including phenoxy) is 1. The monoisotopic (exact) mass is 559 g/mol. The van der Waals surface area contributed by atoms with Gasteiger partial charge >= 0.3 is 5.97 Å². The maximum Gasteiger partial charge on any atom is 0.329 e. The van der Waals surface area contributed by atoms with Gasteiger partial charge in [0.15, 0.2) is 24.0 Å². The summed E-state index contributed by atoms with van der Waals surface area (Å²) in [5.41, 5.74) is 1.67. The molecule has 1 atom stereocenters. The van der Waals surface area contributed by atoms with Crippen molar-refractivity contribution in [1.29, 1.82) is 0 Å². The van der Waals surface area contributed by atoms with Gasteiger partial charge < -0.3 is 10.1 Å². The van der Waals surface area contributed by atoms with Crippen molar-refractivity contribution in [3.63, 3.8) is 0 Å². The van der Waals surface area contributed by atoms with Crippen molar-refractivity contribution < 1.29 is 23.9 Å². The lowest BCUT2D eigenvalue weighted by molar-refractivity contribution is -0.143. The van der Waals surface area contributed by atoms with Crippen molar-refractivity contribution in [2.24, 2.45) is 0 Å². The van der Waals surface area contributed by atoms with Gasteiger partial charge in [0.2, 0.25) is 0 Å². The molecule has 0 aliphatic rings. The number of hydrogen-bond acceptors (Lipinski definition) is 6. The van der Waals surface area contributed by atoms with E-state index in [2.05, 4.69) is 5.32 Å². The molecule has 0 amide bonds. The fourth-order valence-corrected chi connectivity index (χ4v) is 4.14. The fraction of sp³-hybridized carbons (Fsp3) is 0.0968. The molecule has 0 spiro atoms. The molecule has 0 saturated heterocycles. The third kappa shape index (κ3) is 7.41. The molecule has 0 aliphatic carbocycles. The van der Waals surface area contributed by atoms with E-state index < -0.39 is 24.4 Å². The van der Waals surface area contributed by atoms with Crippen LogP contribution in [0.15, 0.2) is 103 Å². The van der Waals surface area contributed by atoms with Gasteiger partial charge in [-0.25, -0.2) is 4.79 Å². The SMILES string of the molecule is O=C(COC(=O)[C@@H](CC(=O)c1ccccc1)Nc1ccc(Cl)cc1C(=O)c1ccccc1)c1ccc(Cl)cc1. The molecule has 4 aromatic carbocycles. The minimum atomic E-state index is -1.20. The highest BCUT2D eigenvalue weighted by atomic mass is 35.5. The Kier molecular flexibility index (Phi) is 9.26. The minimum absolute atomic E-state index is 0.218. The average Bonchev–Trinajstić information content (AvgIpc) is 2.97. The summed E-state index contributed by atoms with van der Waals surface area (Å²) >= 11 is 12.1. The van der Waals surface area contributed by atoms with E-state index in [-0.39, 0.29) is 23.6 Å². The van der Waals surface area contributed by atoms with E-state index in [9.17, 15) is 19.2 Å². The summed E-state index contributed by atoms with van der Waals surface area (Å²) < 4.78 is 5.32. The van der Waals surface area contributed by atoms with E-state index in [1.807, 2.05) is 0 Å². The first-order valence-electron chi connectivity index (χ1n) is 12.0. The van der Waals surface area contributed by atoms with Crippen LogP contribution < -0.4 is 5.32 Å². The fourth-order valence-electron chi connectivity index (χ4n) is 3.84. The second-order valence-electron chi connectivity index (χ2n) is 8.61. The van der Waals surface area contributed by atoms with Crippen LogP contribution >= 0.6 is 23.2 Å². The van der Waals surface area contributed by atoms with Crippen molar-refractivity contribution in [1.82, 2.24) is 0 Å². The maximum atomic E-state index is 13.3. The van der Waals surface area contributed by atoms with Crippen LogP contribution in [0.25, 0.3) is 0 Å². The number of nitrogens with one attached hydrogen (secondary N) is 1. The van der Waals surface area contributed by atoms with Crippen LogP contribution in [0.1, 0.15) is 43.1 Å². The lowest BCUT2D eigenvalue weighted by Crippen LogP contribution is -2.35. The van der Waals surface area contributed by atoms with Gasteiger partial charge in [-0.3, -0.25) is 14.4 Å². The molecule has 0 fully saturated rings. The molecule has 0 unspecified atom stereocenters. The van der Waals surface area contributed by atoms with Gasteiger partial charge in [-0.15, -0.1) is 0 Å². The topological polar surface area (TPSA) is 89.5 Å². The van der Waals surface area contributed by atoms with Crippen molar-refractivity contribution in [2.75, 3.05) is 11.9 Å². The largest absolute Gasteiger partial charge is 0.456 e. The van der Waals surface area contributed by atoms with Crippen LogP contribution in [0, 0.1) is 0 Å². The molecular formula is C31H23Cl2NO5. The highest BCUT2D eigenvalue weighted by Gasteiger charge is 2.27. The Morgan fingerprint density at radius 1 is 0.667 bits per heavy atom. The summed E-state index contributed by atoms with van der Waals surface area (Å²) in [7, 11) is 0. The van der Waals surface area contributed by atoms with Gasteiger partial charge in [-0.05, 0) is 42.5 Å². The first kappa shape index (κ1) is 27.8. The summed E-state index contributed by atoms with van der Waals surface area (Å²) in [4.78, 5) is 52.1. The van der Waals surface area contributed by atoms with E-state index in [1.165, 1.54) is 18.2 Å². The van der Waals surface area contributed by atoms with Crippen LogP contribution in [0.3, 0.4) is 0 Å². The highest BCUT2D eigenvalue weighted by Crippen LogP contribution is 2.25. The van der Waals surface area contributed by atoms with Gasteiger partial charge in [0.25, 0.3) is 0 Å². The number of ketones is 3. The Morgan fingerprint density at radius 2 is 1.23 bits per heavy atom. The molecule has 0 aromatic heterocycles. The molecular weight excluding hydrogens is 537 g/mol. The first-order chi connectivity index (χ1) is 18.8. The zero-order valence-electron chi connectivity index (χ0n) is 20.6. The number of rotatable bonds is 11. The van der Waals surface area contributed by atoms with E-state index in [0.717, 1.165) is 0 Å². The van der Waals surface area contributed by atoms with Crippen LogP contribution in [-0.4, -0.2) is 36.0 Å². The zero-order valence-corrected chi connectivity index (χ0v) is 22.1. The van der Waals surface area contributed by atoms with Gasteiger partial charge in [0.1, 0.15) is 6.04 Å². The number of carbonyl (C=O) groups excluding carboxylic acids is 4. The Balaban J connectivity index is 1.59. The molecule has 0 radical (unpaired) electrons. The van der Waals surface area contributed by atoms with E-state index in [1.54, 1.807) is 84.9 Å². The normalized spacial score (nSPS) is 11.3. The second kappa shape index (κ2) is 13.0. The van der Waals surface area contributed by atoms with E-state index in [4.69, 9.17) is 27.9 Å². The summed E-state index contributed by atoms with van der Waals surface area (Å²) in [6.45, 7) is -0.533. The molecule has 6 nitrogen and oxygen atoms in total. The Hall–Kier alpha value is -4.26. The van der Waals surface area contributed by atoms with Gasteiger partial charge in [0.05, 0.1) is 0 Å². The molecule has 0 heterocycles. The molecule has 0 bridgehead atoms. The molecule has 4 rings (SSSR count). The number of hydrogen-bond donors (Lipinski definition) is 1. The van der Waals surface area contributed by atoms with Crippen molar-refractivity contribution in [2.45, 2.75) is 12.5 Å². The minimum Gasteiger partial charge on any atom is -0.456 e. The van der Waals surface area contributed by atoms with Crippen molar-refractivity contribution in [3.8, 4) is 0 Å².